The molecule has 0 saturated heterocycles. The molecule has 3 aromatic carbocycles. The Kier molecular flexibility index (Phi) is 4.65. The standard InChI is InChI=1S/C23H18FN3.ClH/c1-16-6-8-17(9-7-16)14-26-21-4-2-3-5-22(21)27-15-20(25-23(26)27)18-10-12-19(24)13-11-18;/h2-13,15H,14H2,1H3;1H. The van der Waals surface area contributed by atoms with Crippen LogP contribution in [0.15, 0.2) is 79.0 Å². The first kappa shape index (κ1) is 18.3. The summed E-state index contributed by atoms with van der Waals surface area (Å²) < 4.78 is 17.6. The minimum atomic E-state index is -0.239. The normalized spacial score (nSPS) is 11.1. The maximum atomic E-state index is 13.3. The molecular formula is C23H19ClFN3. The fraction of sp³-hybridized carbons (Fsp3) is 0.0870. The monoisotopic (exact) mass is 391 g/mol. The number of aromatic nitrogens is 3. The third kappa shape index (κ3) is 3.06. The van der Waals surface area contributed by atoms with Crippen molar-refractivity contribution in [2.45, 2.75) is 13.5 Å². The van der Waals surface area contributed by atoms with Gasteiger partial charge < -0.3 is 4.57 Å². The third-order valence-electron chi connectivity index (χ3n) is 4.96. The molecule has 0 aliphatic rings. The molecule has 28 heavy (non-hydrogen) atoms. The van der Waals surface area contributed by atoms with Crippen molar-refractivity contribution >= 4 is 29.2 Å². The van der Waals surface area contributed by atoms with Gasteiger partial charge in [0.05, 0.1) is 23.3 Å². The molecule has 0 N–H and O–H groups in total. The summed E-state index contributed by atoms with van der Waals surface area (Å²) in [6.45, 7) is 2.84. The van der Waals surface area contributed by atoms with Crippen molar-refractivity contribution in [3.05, 3.63) is 95.9 Å². The number of imidazole rings is 2. The lowest BCUT2D eigenvalue weighted by molar-refractivity contribution is 0.628. The Morgan fingerprint density at radius 2 is 1.54 bits per heavy atom. The van der Waals surface area contributed by atoms with E-state index in [2.05, 4.69) is 52.3 Å². The van der Waals surface area contributed by atoms with Crippen LogP contribution in [0.3, 0.4) is 0 Å². The number of fused-ring (bicyclic) bond motifs is 3. The summed E-state index contributed by atoms with van der Waals surface area (Å²) in [6.07, 6.45) is 2.02. The van der Waals surface area contributed by atoms with Gasteiger partial charge in [-0.3, -0.25) is 4.40 Å². The molecule has 2 heterocycles. The topological polar surface area (TPSA) is 22.2 Å². The van der Waals surface area contributed by atoms with Gasteiger partial charge in [0.15, 0.2) is 0 Å². The van der Waals surface area contributed by atoms with Crippen LogP contribution in [0, 0.1) is 12.7 Å². The summed E-state index contributed by atoms with van der Waals surface area (Å²) >= 11 is 0. The molecule has 0 bridgehead atoms. The van der Waals surface area contributed by atoms with E-state index in [4.69, 9.17) is 4.98 Å². The zero-order chi connectivity index (χ0) is 18.4. The average molecular weight is 392 g/mol. The van der Waals surface area contributed by atoms with E-state index in [1.807, 2.05) is 18.3 Å². The van der Waals surface area contributed by atoms with E-state index in [9.17, 15) is 4.39 Å². The summed E-state index contributed by atoms with van der Waals surface area (Å²) in [5.74, 6) is 0.646. The van der Waals surface area contributed by atoms with Crippen molar-refractivity contribution in [2.24, 2.45) is 0 Å². The Morgan fingerprint density at radius 1 is 0.857 bits per heavy atom. The van der Waals surface area contributed by atoms with Crippen LogP contribution in [0.25, 0.3) is 28.1 Å². The number of para-hydroxylation sites is 2. The molecule has 3 nitrogen and oxygen atoms in total. The number of hydrogen-bond donors (Lipinski definition) is 0. The van der Waals surface area contributed by atoms with E-state index in [0.29, 0.717) is 0 Å². The lowest BCUT2D eigenvalue weighted by atomic mass is 10.1. The van der Waals surface area contributed by atoms with E-state index in [1.165, 1.54) is 23.3 Å². The second-order valence-corrected chi connectivity index (χ2v) is 6.86. The lowest BCUT2D eigenvalue weighted by Gasteiger charge is -2.06. The number of rotatable bonds is 3. The first-order chi connectivity index (χ1) is 13.2. The summed E-state index contributed by atoms with van der Waals surface area (Å²) in [5.41, 5.74) is 6.49. The van der Waals surface area contributed by atoms with E-state index in [0.717, 1.165) is 34.6 Å². The van der Waals surface area contributed by atoms with Gasteiger partial charge >= 0.3 is 0 Å². The minimum Gasteiger partial charge on any atom is -0.305 e. The molecule has 2 aromatic heterocycles. The molecule has 0 radical (unpaired) electrons. The van der Waals surface area contributed by atoms with Crippen molar-refractivity contribution in [3.8, 4) is 11.3 Å². The van der Waals surface area contributed by atoms with Crippen molar-refractivity contribution in [3.63, 3.8) is 0 Å². The second kappa shape index (κ2) is 7.13. The Hall–Kier alpha value is -3.11. The molecule has 0 fully saturated rings. The maximum absolute atomic E-state index is 13.3. The van der Waals surface area contributed by atoms with Gasteiger partial charge in [-0.1, -0.05) is 42.0 Å². The average Bonchev–Trinajstić information content (AvgIpc) is 3.23. The summed E-state index contributed by atoms with van der Waals surface area (Å²) in [6, 6.07) is 23.4. The second-order valence-electron chi connectivity index (χ2n) is 6.86. The molecule has 0 aliphatic carbocycles. The minimum absolute atomic E-state index is 0. The number of benzene rings is 3. The predicted molar refractivity (Wildman–Crippen MR) is 114 cm³/mol. The molecular weight excluding hydrogens is 373 g/mol. The molecule has 0 aliphatic heterocycles. The SMILES string of the molecule is Cc1ccc(Cn2c3ccccc3n3cc(-c4ccc(F)cc4)nc23)cc1.Cl. The van der Waals surface area contributed by atoms with Crippen molar-refractivity contribution in [1.29, 1.82) is 0 Å². The zero-order valence-corrected chi connectivity index (χ0v) is 16.2. The Bertz CT molecular complexity index is 1250. The quantitative estimate of drug-likeness (QED) is 0.377. The van der Waals surface area contributed by atoms with E-state index >= 15 is 0 Å². The number of nitrogens with zero attached hydrogens (tertiary/aromatic N) is 3. The molecule has 5 rings (SSSR count). The number of hydrogen-bond acceptors (Lipinski definition) is 1. The maximum Gasteiger partial charge on any atom is 0.215 e. The van der Waals surface area contributed by atoms with Crippen LogP contribution < -0.4 is 0 Å². The smallest absolute Gasteiger partial charge is 0.215 e. The van der Waals surface area contributed by atoms with Gasteiger partial charge in [0.2, 0.25) is 5.78 Å². The Labute approximate surface area is 168 Å². The van der Waals surface area contributed by atoms with Crippen LogP contribution in [0.4, 0.5) is 4.39 Å². The van der Waals surface area contributed by atoms with E-state index in [1.54, 1.807) is 12.1 Å². The van der Waals surface area contributed by atoms with Gasteiger partial charge in [-0.2, -0.15) is 0 Å². The lowest BCUT2D eigenvalue weighted by Crippen LogP contribution is -2.00. The van der Waals surface area contributed by atoms with Crippen LogP contribution >= 0.6 is 12.4 Å². The first-order valence-corrected chi connectivity index (χ1v) is 8.97. The molecule has 140 valence electrons. The summed E-state index contributed by atoms with van der Waals surface area (Å²) in [4.78, 5) is 4.87. The first-order valence-electron chi connectivity index (χ1n) is 8.97. The Balaban J connectivity index is 0.00000192. The van der Waals surface area contributed by atoms with Gasteiger partial charge in [0, 0.05) is 11.8 Å². The third-order valence-corrected chi connectivity index (χ3v) is 4.96. The molecule has 0 unspecified atom stereocenters. The highest BCUT2D eigenvalue weighted by Crippen LogP contribution is 2.26. The number of halogens is 2. The molecule has 0 amide bonds. The van der Waals surface area contributed by atoms with Gasteiger partial charge in [-0.05, 0) is 48.9 Å². The van der Waals surface area contributed by atoms with Gasteiger partial charge in [0.1, 0.15) is 5.82 Å². The van der Waals surface area contributed by atoms with E-state index < -0.39 is 0 Å². The predicted octanol–water partition coefficient (Wildman–Crippen LogP) is 5.87. The van der Waals surface area contributed by atoms with E-state index in [-0.39, 0.29) is 18.2 Å². The van der Waals surface area contributed by atoms with Crippen molar-refractivity contribution in [1.82, 2.24) is 14.0 Å². The highest BCUT2D eigenvalue weighted by atomic mass is 35.5. The van der Waals surface area contributed by atoms with Crippen LogP contribution in [0.2, 0.25) is 0 Å². The molecule has 5 aromatic rings. The van der Waals surface area contributed by atoms with Crippen LogP contribution in [-0.4, -0.2) is 14.0 Å². The molecule has 0 atom stereocenters. The molecule has 5 heteroatoms. The number of aryl methyl sites for hydroxylation is 1. The molecule has 0 spiro atoms. The van der Waals surface area contributed by atoms with Gasteiger partial charge in [-0.25, -0.2) is 9.37 Å². The van der Waals surface area contributed by atoms with Gasteiger partial charge in [0.25, 0.3) is 0 Å². The van der Waals surface area contributed by atoms with Gasteiger partial charge in [-0.15, -0.1) is 12.4 Å². The summed E-state index contributed by atoms with van der Waals surface area (Å²) in [7, 11) is 0. The highest BCUT2D eigenvalue weighted by molar-refractivity contribution is 5.85. The van der Waals surface area contributed by atoms with Crippen molar-refractivity contribution in [2.75, 3.05) is 0 Å². The fourth-order valence-electron chi connectivity index (χ4n) is 3.53. The van der Waals surface area contributed by atoms with Crippen molar-refractivity contribution < 1.29 is 4.39 Å². The van der Waals surface area contributed by atoms with Crippen LogP contribution in [-0.2, 0) is 6.54 Å². The van der Waals surface area contributed by atoms with Crippen LogP contribution in [0.1, 0.15) is 11.1 Å². The fourth-order valence-corrected chi connectivity index (χ4v) is 3.53. The largest absolute Gasteiger partial charge is 0.305 e. The Morgan fingerprint density at radius 3 is 2.25 bits per heavy atom. The summed E-state index contributed by atoms with van der Waals surface area (Å²) in [5, 5.41) is 0. The molecule has 0 saturated carbocycles. The van der Waals surface area contributed by atoms with Crippen LogP contribution in [0.5, 0.6) is 0 Å². The zero-order valence-electron chi connectivity index (χ0n) is 15.3. The highest BCUT2D eigenvalue weighted by Gasteiger charge is 2.15.